The van der Waals surface area contributed by atoms with Gasteiger partial charge in [0.2, 0.25) is 0 Å². The number of carbonyl (C=O) groups is 1. The fourth-order valence-electron chi connectivity index (χ4n) is 3.02. The Labute approximate surface area is 153 Å². The van der Waals surface area contributed by atoms with Crippen LogP contribution in [0.15, 0.2) is 26.9 Å². The van der Waals surface area contributed by atoms with Crippen LogP contribution >= 0.6 is 11.8 Å². The number of amides is 1. The van der Waals surface area contributed by atoms with Gasteiger partial charge in [0.15, 0.2) is 15.8 Å². The smallest absolute Gasteiger partial charge is 0.280 e. The maximum Gasteiger partial charge on any atom is 0.280 e. The third kappa shape index (κ3) is 5.22. The third-order valence-corrected chi connectivity index (χ3v) is 6.92. The van der Waals surface area contributed by atoms with Gasteiger partial charge in [-0.2, -0.15) is 4.99 Å². The van der Waals surface area contributed by atoms with Crippen LogP contribution in [0.5, 0.6) is 0 Å². The Hall–Kier alpha value is -1.54. The second kappa shape index (κ2) is 8.23. The molecule has 0 heterocycles. The number of nitrogens with two attached hydrogens (primary N) is 2. The number of carbonyl (C=O) groups excluding carboxylic acids is 1. The number of guanidine groups is 1. The number of nitrogens with zero attached hydrogens (tertiary/aromatic N) is 1. The lowest BCUT2D eigenvalue weighted by Crippen LogP contribution is -2.24. The van der Waals surface area contributed by atoms with Crippen LogP contribution in [0.2, 0.25) is 0 Å². The molecule has 1 amide bonds. The fourth-order valence-corrected chi connectivity index (χ4v) is 5.68. The number of rotatable bonds is 5. The van der Waals surface area contributed by atoms with Crippen molar-refractivity contribution in [2.24, 2.45) is 16.5 Å². The molecule has 0 bridgehead atoms. The van der Waals surface area contributed by atoms with Crippen LogP contribution in [0, 0.1) is 0 Å². The Morgan fingerprint density at radius 1 is 1.24 bits per heavy atom. The molecule has 1 fully saturated rings. The quantitative estimate of drug-likeness (QED) is 0.596. The maximum atomic E-state index is 12.3. The molecule has 0 spiro atoms. The van der Waals surface area contributed by atoms with E-state index in [1.54, 1.807) is 11.8 Å². The van der Waals surface area contributed by atoms with E-state index in [2.05, 4.69) is 4.99 Å². The average Bonchev–Trinajstić information content (AvgIpc) is 2.53. The number of aryl methyl sites for hydroxylation is 1. The topological polar surface area (TPSA) is 116 Å². The number of sulfone groups is 1. The number of aliphatic imine (C=N–C) groups is 1. The molecule has 8 heteroatoms. The summed E-state index contributed by atoms with van der Waals surface area (Å²) in [6.45, 7) is 1.91. The highest BCUT2D eigenvalue weighted by atomic mass is 32.2. The Morgan fingerprint density at radius 3 is 2.40 bits per heavy atom. The largest absolute Gasteiger partial charge is 0.370 e. The molecule has 4 N–H and O–H groups in total. The van der Waals surface area contributed by atoms with Crippen LogP contribution in [0.25, 0.3) is 0 Å². The van der Waals surface area contributed by atoms with Crippen LogP contribution in [-0.2, 0) is 16.3 Å². The number of thioether (sulfide) groups is 1. The molecule has 1 aliphatic rings. The molecular formula is C17H25N3O3S2. The van der Waals surface area contributed by atoms with Gasteiger partial charge in [-0.05, 0) is 37.0 Å². The van der Waals surface area contributed by atoms with E-state index < -0.39 is 15.7 Å². The molecule has 1 saturated carbocycles. The van der Waals surface area contributed by atoms with Crippen molar-refractivity contribution in [1.82, 2.24) is 0 Å². The summed E-state index contributed by atoms with van der Waals surface area (Å²) in [5, 5.41) is 0.415. The van der Waals surface area contributed by atoms with Crippen LogP contribution in [0.4, 0.5) is 0 Å². The summed E-state index contributed by atoms with van der Waals surface area (Å²) in [4.78, 5) is 16.7. The van der Waals surface area contributed by atoms with Gasteiger partial charge in [0, 0.05) is 22.0 Å². The lowest BCUT2D eigenvalue weighted by Gasteiger charge is -2.22. The standard InChI is InChI=1S/C17H25N3O3S2/c1-3-11-9-14(24-12-7-5-4-6-8-12)15(25(2,22)23)10-13(11)16(21)20-17(18)19/h9-10,12H,3-8H2,1-2H3,(H4,18,19,20,21). The van der Waals surface area contributed by atoms with Crippen molar-refractivity contribution in [3.63, 3.8) is 0 Å². The minimum atomic E-state index is -3.48. The first-order chi connectivity index (χ1) is 11.7. The summed E-state index contributed by atoms with van der Waals surface area (Å²) in [7, 11) is -3.48. The van der Waals surface area contributed by atoms with Crippen molar-refractivity contribution in [2.45, 2.75) is 60.5 Å². The fraction of sp³-hybridized carbons (Fsp3) is 0.529. The molecule has 6 nitrogen and oxygen atoms in total. The average molecular weight is 384 g/mol. The van der Waals surface area contributed by atoms with Gasteiger partial charge in [0.25, 0.3) is 5.91 Å². The number of hydrogen-bond donors (Lipinski definition) is 2. The van der Waals surface area contributed by atoms with Crippen molar-refractivity contribution >= 4 is 33.5 Å². The molecule has 0 radical (unpaired) electrons. The van der Waals surface area contributed by atoms with Gasteiger partial charge in [-0.1, -0.05) is 26.2 Å². The lowest BCUT2D eigenvalue weighted by atomic mass is 10.0. The van der Waals surface area contributed by atoms with E-state index in [1.165, 1.54) is 25.3 Å². The van der Waals surface area contributed by atoms with E-state index in [0.717, 1.165) is 24.7 Å². The predicted octanol–water partition coefficient (Wildman–Crippen LogP) is 2.49. The molecular weight excluding hydrogens is 358 g/mol. The molecule has 0 unspecified atom stereocenters. The first-order valence-corrected chi connectivity index (χ1v) is 11.2. The summed E-state index contributed by atoms with van der Waals surface area (Å²) in [5.41, 5.74) is 11.6. The van der Waals surface area contributed by atoms with Crippen molar-refractivity contribution in [3.05, 3.63) is 23.3 Å². The molecule has 1 aromatic rings. The van der Waals surface area contributed by atoms with Gasteiger partial charge < -0.3 is 11.5 Å². The van der Waals surface area contributed by atoms with Gasteiger partial charge in [0.05, 0.1) is 4.90 Å². The molecule has 0 saturated heterocycles. The molecule has 138 valence electrons. The first kappa shape index (κ1) is 19.8. The van der Waals surface area contributed by atoms with Crippen molar-refractivity contribution in [1.29, 1.82) is 0 Å². The molecule has 0 aliphatic heterocycles. The Balaban J connectivity index is 2.51. The zero-order valence-corrected chi connectivity index (χ0v) is 16.3. The Morgan fingerprint density at radius 2 is 1.88 bits per heavy atom. The van der Waals surface area contributed by atoms with Crippen molar-refractivity contribution in [3.8, 4) is 0 Å². The SMILES string of the molecule is CCc1cc(SC2CCCCC2)c(S(C)(=O)=O)cc1C(=O)N=C(N)N. The summed E-state index contributed by atoms with van der Waals surface area (Å²) < 4.78 is 24.6. The van der Waals surface area contributed by atoms with Gasteiger partial charge >= 0.3 is 0 Å². The van der Waals surface area contributed by atoms with Gasteiger partial charge in [-0.25, -0.2) is 8.42 Å². The number of hydrogen-bond acceptors (Lipinski definition) is 4. The molecule has 25 heavy (non-hydrogen) atoms. The van der Waals surface area contributed by atoms with Crippen molar-refractivity contribution in [2.75, 3.05) is 6.26 Å². The molecule has 1 aliphatic carbocycles. The number of benzene rings is 1. The minimum Gasteiger partial charge on any atom is -0.370 e. The van der Waals surface area contributed by atoms with E-state index >= 15 is 0 Å². The van der Waals surface area contributed by atoms with Gasteiger partial charge in [0.1, 0.15) is 0 Å². The summed E-state index contributed by atoms with van der Waals surface area (Å²) in [6.07, 6.45) is 7.51. The Kier molecular flexibility index (Phi) is 6.51. The highest BCUT2D eigenvalue weighted by Gasteiger charge is 2.23. The second-order valence-electron chi connectivity index (χ2n) is 6.30. The third-order valence-electron chi connectivity index (χ3n) is 4.26. The van der Waals surface area contributed by atoms with Crippen LogP contribution in [0.3, 0.4) is 0 Å². The van der Waals surface area contributed by atoms with E-state index in [4.69, 9.17) is 11.5 Å². The molecule has 0 aromatic heterocycles. The zero-order valence-electron chi connectivity index (χ0n) is 14.6. The van der Waals surface area contributed by atoms with E-state index in [1.807, 2.05) is 13.0 Å². The van der Waals surface area contributed by atoms with Crippen LogP contribution in [0.1, 0.15) is 54.9 Å². The summed E-state index contributed by atoms with van der Waals surface area (Å²) in [5.74, 6) is -0.954. The van der Waals surface area contributed by atoms with E-state index in [-0.39, 0.29) is 16.4 Å². The van der Waals surface area contributed by atoms with E-state index in [9.17, 15) is 13.2 Å². The minimum absolute atomic E-state index is 0.175. The summed E-state index contributed by atoms with van der Waals surface area (Å²) >= 11 is 1.61. The lowest BCUT2D eigenvalue weighted by molar-refractivity contribution is 0.100. The van der Waals surface area contributed by atoms with Crippen LogP contribution < -0.4 is 11.5 Å². The maximum absolute atomic E-state index is 12.3. The zero-order chi connectivity index (χ0) is 18.6. The predicted molar refractivity (Wildman–Crippen MR) is 102 cm³/mol. The highest BCUT2D eigenvalue weighted by Crippen LogP contribution is 2.38. The Bertz CT molecular complexity index is 779. The van der Waals surface area contributed by atoms with E-state index in [0.29, 0.717) is 16.6 Å². The van der Waals surface area contributed by atoms with Gasteiger partial charge in [-0.3, -0.25) is 4.79 Å². The normalized spacial score (nSPS) is 15.8. The van der Waals surface area contributed by atoms with Crippen molar-refractivity contribution < 1.29 is 13.2 Å². The summed E-state index contributed by atoms with van der Waals surface area (Å²) in [6, 6.07) is 3.24. The van der Waals surface area contributed by atoms with Gasteiger partial charge in [-0.15, -0.1) is 11.8 Å². The monoisotopic (exact) mass is 383 g/mol. The first-order valence-electron chi connectivity index (χ1n) is 8.40. The van der Waals surface area contributed by atoms with Crippen LogP contribution in [-0.4, -0.2) is 31.8 Å². The highest BCUT2D eigenvalue weighted by molar-refractivity contribution is 8.00. The molecule has 2 rings (SSSR count). The molecule has 1 aromatic carbocycles. The second-order valence-corrected chi connectivity index (χ2v) is 9.63. The molecule has 0 atom stereocenters.